The molecule has 1 fully saturated rings. The number of hydrogen-bond acceptors (Lipinski definition) is 3. The van der Waals surface area contributed by atoms with E-state index >= 15 is 0 Å². The van der Waals surface area contributed by atoms with Crippen molar-refractivity contribution < 1.29 is 5.11 Å². The monoisotopic (exact) mass is 244 g/mol. The summed E-state index contributed by atoms with van der Waals surface area (Å²) in [7, 11) is 0. The summed E-state index contributed by atoms with van der Waals surface area (Å²) in [6.45, 7) is 1.73. The molecule has 1 aromatic carbocycles. The molecule has 2 heterocycles. The number of rotatable bonds is 1. The van der Waals surface area contributed by atoms with E-state index in [1.807, 2.05) is 24.3 Å². The van der Waals surface area contributed by atoms with E-state index in [-0.39, 0.29) is 17.5 Å². The first-order chi connectivity index (χ1) is 8.77. The van der Waals surface area contributed by atoms with Crippen LogP contribution in [-0.2, 0) is 0 Å². The zero-order valence-corrected chi connectivity index (χ0v) is 10.1. The molecule has 1 atom stereocenters. The number of aromatic nitrogens is 1. The maximum atomic E-state index is 12.1. The molecule has 4 heteroatoms. The third kappa shape index (κ3) is 1.78. The standard InChI is InChI=1S/C14H16N2O2/c17-13-8-10-4-1-2-6-12(10)14(18)16(13)11-5-3-7-15-9-11/h1-2,4,6,8,11,15,18H,3,5,7,9H2. The van der Waals surface area contributed by atoms with Crippen LogP contribution in [0.15, 0.2) is 35.1 Å². The molecule has 94 valence electrons. The molecule has 3 rings (SSSR count). The van der Waals surface area contributed by atoms with E-state index in [1.165, 1.54) is 4.57 Å². The van der Waals surface area contributed by atoms with Gasteiger partial charge < -0.3 is 10.4 Å². The zero-order valence-electron chi connectivity index (χ0n) is 10.1. The van der Waals surface area contributed by atoms with Gasteiger partial charge in [-0.2, -0.15) is 0 Å². The summed E-state index contributed by atoms with van der Waals surface area (Å²) in [6.07, 6.45) is 1.96. The zero-order chi connectivity index (χ0) is 12.5. The molecule has 0 spiro atoms. The van der Waals surface area contributed by atoms with Gasteiger partial charge in [0.1, 0.15) is 0 Å². The van der Waals surface area contributed by atoms with Gasteiger partial charge >= 0.3 is 0 Å². The molecule has 1 aliphatic heterocycles. The molecule has 4 nitrogen and oxygen atoms in total. The molecule has 1 aliphatic rings. The van der Waals surface area contributed by atoms with Crippen molar-refractivity contribution in [1.29, 1.82) is 0 Å². The third-order valence-electron chi connectivity index (χ3n) is 3.58. The van der Waals surface area contributed by atoms with Crippen molar-refractivity contribution in [1.82, 2.24) is 9.88 Å². The summed E-state index contributed by atoms with van der Waals surface area (Å²) in [5.74, 6) is 0.0896. The second kappa shape index (κ2) is 4.46. The predicted octanol–water partition coefficient (Wildman–Crippen LogP) is 1.63. The fourth-order valence-corrected chi connectivity index (χ4v) is 2.67. The van der Waals surface area contributed by atoms with Crippen LogP contribution in [0, 0.1) is 0 Å². The van der Waals surface area contributed by atoms with Gasteiger partial charge in [0.15, 0.2) is 0 Å². The van der Waals surface area contributed by atoms with Gasteiger partial charge in [-0.05, 0) is 30.8 Å². The predicted molar refractivity (Wildman–Crippen MR) is 71.0 cm³/mol. The maximum Gasteiger partial charge on any atom is 0.254 e. The average Bonchev–Trinajstić information content (AvgIpc) is 2.40. The minimum atomic E-state index is -0.125. The number of nitrogens with one attached hydrogen (secondary N) is 1. The molecule has 2 aromatic rings. The lowest BCUT2D eigenvalue weighted by atomic mass is 10.1. The largest absolute Gasteiger partial charge is 0.494 e. The summed E-state index contributed by atoms with van der Waals surface area (Å²) in [5, 5.41) is 15.1. The van der Waals surface area contributed by atoms with Crippen molar-refractivity contribution in [3.05, 3.63) is 40.7 Å². The molecule has 0 aliphatic carbocycles. The molecule has 1 saturated heterocycles. The smallest absolute Gasteiger partial charge is 0.254 e. The molecular weight excluding hydrogens is 228 g/mol. The second-order valence-corrected chi connectivity index (χ2v) is 4.76. The molecule has 0 saturated carbocycles. The first kappa shape index (κ1) is 11.3. The van der Waals surface area contributed by atoms with Gasteiger partial charge in [-0.25, -0.2) is 0 Å². The summed E-state index contributed by atoms with van der Waals surface area (Å²) in [6, 6.07) is 9.08. The molecule has 1 aromatic heterocycles. The Labute approximate surface area is 105 Å². The molecule has 0 radical (unpaired) electrons. The highest BCUT2D eigenvalue weighted by Crippen LogP contribution is 2.27. The van der Waals surface area contributed by atoms with E-state index in [0.29, 0.717) is 0 Å². The number of piperidine rings is 1. The Balaban J connectivity index is 2.19. The average molecular weight is 244 g/mol. The van der Waals surface area contributed by atoms with Crippen LogP contribution in [0.25, 0.3) is 10.8 Å². The molecule has 0 amide bonds. The Bertz CT molecular complexity index is 627. The molecular formula is C14H16N2O2. The normalized spacial score (nSPS) is 20.1. The molecule has 18 heavy (non-hydrogen) atoms. The van der Waals surface area contributed by atoms with Gasteiger partial charge in [-0.3, -0.25) is 9.36 Å². The number of fused-ring (bicyclic) bond motifs is 1. The van der Waals surface area contributed by atoms with Gasteiger partial charge in [-0.15, -0.1) is 0 Å². The van der Waals surface area contributed by atoms with E-state index in [2.05, 4.69) is 5.32 Å². The Morgan fingerprint density at radius 2 is 2.17 bits per heavy atom. The van der Waals surface area contributed by atoms with E-state index in [1.54, 1.807) is 6.07 Å². The summed E-state index contributed by atoms with van der Waals surface area (Å²) >= 11 is 0. The maximum absolute atomic E-state index is 12.1. The van der Waals surface area contributed by atoms with Gasteiger partial charge in [0.25, 0.3) is 5.56 Å². The summed E-state index contributed by atoms with van der Waals surface area (Å²) in [4.78, 5) is 12.1. The molecule has 1 unspecified atom stereocenters. The van der Waals surface area contributed by atoms with Crippen LogP contribution in [0.4, 0.5) is 0 Å². The number of nitrogens with zero attached hydrogens (tertiary/aromatic N) is 1. The Hall–Kier alpha value is -1.81. The van der Waals surface area contributed by atoms with Crippen LogP contribution in [0.2, 0.25) is 0 Å². The highest BCUT2D eigenvalue weighted by Gasteiger charge is 2.19. The molecule has 2 N–H and O–H groups in total. The second-order valence-electron chi connectivity index (χ2n) is 4.76. The topological polar surface area (TPSA) is 54.3 Å². The minimum Gasteiger partial charge on any atom is -0.494 e. The quantitative estimate of drug-likeness (QED) is 0.801. The number of benzene rings is 1. The highest BCUT2D eigenvalue weighted by molar-refractivity contribution is 5.86. The lowest BCUT2D eigenvalue weighted by molar-refractivity contribution is 0.320. The van der Waals surface area contributed by atoms with Crippen molar-refractivity contribution in [2.75, 3.05) is 13.1 Å². The minimum absolute atomic E-state index is 0.0517. The lowest BCUT2D eigenvalue weighted by Crippen LogP contribution is -2.36. The first-order valence-corrected chi connectivity index (χ1v) is 6.31. The lowest BCUT2D eigenvalue weighted by Gasteiger charge is -2.26. The first-order valence-electron chi connectivity index (χ1n) is 6.31. The Kier molecular flexibility index (Phi) is 2.80. The van der Waals surface area contributed by atoms with Gasteiger partial charge in [0.05, 0.1) is 6.04 Å². The number of aromatic hydroxyl groups is 1. The highest BCUT2D eigenvalue weighted by atomic mass is 16.3. The van der Waals surface area contributed by atoms with Crippen LogP contribution in [0.5, 0.6) is 5.88 Å². The van der Waals surface area contributed by atoms with Crippen molar-refractivity contribution in [2.45, 2.75) is 18.9 Å². The molecule has 0 bridgehead atoms. The van der Waals surface area contributed by atoms with Crippen LogP contribution in [0.3, 0.4) is 0 Å². The number of pyridine rings is 1. The van der Waals surface area contributed by atoms with Crippen molar-refractivity contribution >= 4 is 10.8 Å². The summed E-state index contributed by atoms with van der Waals surface area (Å²) in [5.41, 5.74) is -0.125. The van der Waals surface area contributed by atoms with Gasteiger partial charge in [0, 0.05) is 18.0 Å². The van der Waals surface area contributed by atoms with E-state index in [0.717, 1.165) is 36.7 Å². The van der Waals surface area contributed by atoms with Crippen LogP contribution >= 0.6 is 0 Å². The van der Waals surface area contributed by atoms with Crippen LogP contribution < -0.4 is 10.9 Å². The Morgan fingerprint density at radius 3 is 2.94 bits per heavy atom. The van der Waals surface area contributed by atoms with Crippen molar-refractivity contribution in [3.8, 4) is 5.88 Å². The van der Waals surface area contributed by atoms with Gasteiger partial charge in [0.2, 0.25) is 5.88 Å². The van der Waals surface area contributed by atoms with Crippen LogP contribution in [0.1, 0.15) is 18.9 Å². The van der Waals surface area contributed by atoms with Crippen LogP contribution in [-0.4, -0.2) is 22.8 Å². The summed E-state index contributed by atoms with van der Waals surface area (Å²) < 4.78 is 1.52. The van der Waals surface area contributed by atoms with Gasteiger partial charge in [-0.1, -0.05) is 18.2 Å². The fourth-order valence-electron chi connectivity index (χ4n) is 2.67. The van der Waals surface area contributed by atoms with E-state index in [9.17, 15) is 9.90 Å². The van der Waals surface area contributed by atoms with Crippen molar-refractivity contribution in [3.63, 3.8) is 0 Å². The van der Waals surface area contributed by atoms with E-state index < -0.39 is 0 Å². The van der Waals surface area contributed by atoms with E-state index in [4.69, 9.17) is 0 Å². The van der Waals surface area contributed by atoms with Crippen molar-refractivity contribution in [2.24, 2.45) is 0 Å². The number of hydrogen-bond donors (Lipinski definition) is 2. The SMILES string of the molecule is O=c1cc2ccccc2c(O)n1C1CCCNC1. The fraction of sp³-hybridized carbons (Fsp3) is 0.357. The third-order valence-corrected chi connectivity index (χ3v) is 3.58. The Morgan fingerprint density at radius 1 is 1.33 bits per heavy atom.